The summed E-state index contributed by atoms with van der Waals surface area (Å²) < 4.78 is 5.28. The van der Waals surface area contributed by atoms with Crippen molar-refractivity contribution < 1.29 is 9.32 Å². The van der Waals surface area contributed by atoms with Crippen LogP contribution in [0.4, 0.5) is 0 Å². The van der Waals surface area contributed by atoms with Crippen molar-refractivity contribution in [3.05, 3.63) is 52.4 Å². The maximum absolute atomic E-state index is 12.6. The zero-order valence-corrected chi connectivity index (χ0v) is 14.9. The fourth-order valence-electron chi connectivity index (χ4n) is 3.21. The third-order valence-corrected chi connectivity index (χ3v) is 4.65. The van der Waals surface area contributed by atoms with E-state index in [1.165, 1.54) is 5.56 Å². The van der Waals surface area contributed by atoms with Gasteiger partial charge in [0, 0.05) is 30.6 Å². The van der Waals surface area contributed by atoms with Crippen molar-refractivity contribution in [2.24, 2.45) is 11.8 Å². The quantitative estimate of drug-likeness (QED) is 0.813. The molecule has 0 N–H and O–H groups in total. The zero-order chi connectivity index (χ0) is 17.1. The van der Waals surface area contributed by atoms with E-state index in [9.17, 15) is 4.79 Å². The Morgan fingerprint density at radius 1 is 1.38 bits per heavy atom. The van der Waals surface area contributed by atoms with Crippen molar-refractivity contribution in [3.8, 4) is 0 Å². The van der Waals surface area contributed by atoms with Crippen molar-refractivity contribution in [3.63, 3.8) is 0 Å². The number of rotatable bonds is 5. The van der Waals surface area contributed by atoms with Crippen LogP contribution in [0.3, 0.4) is 0 Å². The van der Waals surface area contributed by atoms with E-state index in [4.69, 9.17) is 16.1 Å². The summed E-state index contributed by atoms with van der Waals surface area (Å²) in [6.45, 7) is 5.79. The summed E-state index contributed by atoms with van der Waals surface area (Å²) in [7, 11) is 0. The number of nitrogens with zero attached hydrogens (tertiary/aromatic N) is 2. The number of carbonyl (C=O) groups excluding carboxylic acids is 1. The highest BCUT2D eigenvalue weighted by Crippen LogP contribution is 2.23. The molecule has 1 aromatic carbocycles. The van der Waals surface area contributed by atoms with Crippen molar-refractivity contribution in [1.29, 1.82) is 0 Å². The fraction of sp³-hybridized carbons (Fsp3) is 0.474. The predicted molar refractivity (Wildman–Crippen MR) is 94.2 cm³/mol. The SMILES string of the molecule is CC(C)Cc1cc(C(=O)N2CCC(Cc3ccc(Cl)cc3)C2)no1. The third kappa shape index (κ3) is 4.18. The van der Waals surface area contributed by atoms with Crippen LogP contribution < -0.4 is 0 Å². The standard InChI is InChI=1S/C19H23ClN2O2/c1-13(2)9-17-11-18(21-24-17)19(23)22-8-7-15(12-22)10-14-3-5-16(20)6-4-14/h3-6,11,13,15H,7-10,12H2,1-2H3. The van der Waals surface area contributed by atoms with Crippen LogP contribution in [0.25, 0.3) is 0 Å². The van der Waals surface area contributed by atoms with Gasteiger partial charge in [-0.15, -0.1) is 0 Å². The maximum atomic E-state index is 12.6. The van der Waals surface area contributed by atoms with Crippen LogP contribution in [-0.2, 0) is 12.8 Å². The second-order valence-corrected chi connectivity index (χ2v) is 7.45. The molecule has 128 valence electrons. The fourth-order valence-corrected chi connectivity index (χ4v) is 3.34. The molecule has 1 aliphatic rings. The molecule has 1 atom stereocenters. The maximum Gasteiger partial charge on any atom is 0.276 e. The van der Waals surface area contributed by atoms with Crippen LogP contribution in [0.2, 0.25) is 5.02 Å². The van der Waals surface area contributed by atoms with Crippen molar-refractivity contribution >= 4 is 17.5 Å². The first-order valence-corrected chi connectivity index (χ1v) is 8.88. The van der Waals surface area contributed by atoms with Gasteiger partial charge in [0.1, 0.15) is 5.76 Å². The summed E-state index contributed by atoms with van der Waals surface area (Å²) in [4.78, 5) is 14.5. The largest absolute Gasteiger partial charge is 0.361 e. The Morgan fingerprint density at radius 2 is 2.12 bits per heavy atom. The van der Waals surface area contributed by atoms with Gasteiger partial charge < -0.3 is 9.42 Å². The van der Waals surface area contributed by atoms with Gasteiger partial charge in [-0.1, -0.05) is 42.7 Å². The Kier molecular flexibility index (Phi) is 5.24. The second-order valence-electron chi connectivity index (χ2n) is 7.01. The van der Waals surface area contributed by atoms with E-state index < -0.39 is 0 Å². The summed E-state index contributed by atoms with van der Waals surface area (Å²) in [5.74, 6) is 1.73. The van der Waals surface area contributed by atoms with Crippen LogP contribution in [0.5, 0.6) is 0 Å². The minimum Gasteiger partial charge on any atom is -0.361 e. The van der Waals surface area contributed by atoms with Crippen molar-refractivity contribution in [2.75, 3.05) is 13.1 Å². The molecule has 2 aromatic rings. The number of carbonyl (C=O) groups is 1. The van der Waals surface area contributed by atoms with Crippen LogP contribution in [0.1, 0.15) is 42.1 Å². The number of hydrogen-bond acceptors (Lipinski definition) is 3. The van der Waals surface area contributed by atoms with Gasteiger partial charge in [0.05, 0.1) is 0 Å². The Labute approximate surface area is 147 Å². The van der Waals surface area contributed by atoms with Crippen LogP contribution >= 0.6 is 11.6 Å². The van der Waals surface area contributed by atoms with E-state index in [1.54, 1.807) is 6.07 Å². The molecule has 0 bridgehead atoms. The van der Waals surface area contributed by atoms with Gasteiger partial charge in [0.15, 0.2) is 5.69 Å². The molecule has 4 nitrogen and oxygen atoms in total. The van der Waals surface area contributed by atoms with E-state index in [-0.39, 0.29) is 5.91 Å². The first-order chi connectivity index (χ1) is 11.5. The van der Waals surface area contributed by atoms with Crippen LogP contribution in [-0.4, -0.2) is 29.1 Å². The Bertz CT molecular complexity index is 694. The highest BCUT2D eigenvalue weighted by Gasteiger charge is 2.28. The van der Waals surface area contributed by atoms with Gasteiger partial charge >= 0.3 is 0 Å². The number of likely N-dealkylation sites (tertiary alicyclic amines) is 1. The highest BCUT2D eigenvalue weighted by molar-refractivity contribution is 6.30. The van der Waals surface area contributed by atoms with Gasteiger partial charge in [0.2, 0.25) is 0 Å². The molecule has 1 aliphatic heterocycles. The summed E-state index contributed by atoms with van der Waals surface area (Å²) in [6.07, 6.45) is 2.79. The topological polar surface area (TPSA) is 46.3 Å². The van der Waals surface area contributed by atoms with Crippen molar-refractivity contribution in [2.45, 2.75) is 33.1 Å². The summed E-state index contributed by atoms with van der Waals surface area (Å²) in [5.41, 5.74) is 1.69. The number of aromatic nitrogens is 1. The molecule has 3 rings (SSSR count). The third-order valence-electron chi connectivity index (χ3n) is 4.40. The van der Waals surface area contributed by atoms with Crippen LogP contribution in [0.15, 0.2) is 34.9 Å². The first kappa shape index (κ1) is 17.0. The average molecular weight is 347 g/mol. The van der Waals surface area contributed by atoms with Gasteiger partial charge in [-0.25, -0.2) is 0 Å². The molecule has 1 amide bonds. The second kappa shape index (κ2) is 7.39. The van der Waals surface area contributed by atoms with Gasteiger partial charge in [-0.3, -0.25) is 4.79 Å². The van der Waals surface area contributed by atoms with Gasteiger partial charge in [0.25, 0.3) is 5.91 Å². The summed E-state index contributed by atoms with van der Waals surface area (Å²) in [6, 6.07) is 9.74. The Morgan fingerprint density at radius 3 is 2.83 bits per heavy atom. The summed E-state index contributed by atoms with van der Waals surface area (Å²) in [5, 5.41) is 4.71. The van der Waals surface area contributed by atoms with Crippen molar-refractivity contribution in [1.82, 2.24) is 10.1 Å². The Hall–Kier alpha value is -1.81. The minimum absolute atomic E-state index is 0.0210. The number of benzene rings is 1. The summed E-state index contributed by atoms with van der Waals surface area (Å²) >= 11 is 5.93. The predicted octanol–water partition coefficient (Wildman–Crippen LogP) is 4.23. The normalized spacial score (nSPS) is 17.7. The molecule has 0 aliphatic carbocycles. The molecule has 2 heterocycles. The molecule has 5 heteroatoms. The number of hydrogen-bond donors (Lipinski definition) is 0. The molecule has 0 saturated carbocycles. The molecule has 1 fully saturated rings. The average Bonchev–Trinajstić information content (AvgIpc) is 3.18. The van der Waals surface area contributed by atoms with E-state index in [0.29, 0.717) is 17.5 Å². The monoisotopic (exact) mass is 346 g/mol. The smallest absolute Gasteiger partial charge is 0.276 e. The molecule has 1 unspecified atom stereocenters. The first-order valence-electron chi connectivity index (χ1n) is 8.50. The molecule has 24 heavy (non-hydrogen) atoms. The lowest BCUT2D eigenvalue weighted by molar-refractivity contribution is 0.0776. The van der Waals surface area contributed by atoms with Gasteiger partial charge in [-0.2, -0.15) is 0 Å². The number of halogens is 1. The molecule has 0 radical (unpaired) electrons. The molecule has 1 saturated heterocycles. The van der Waals surface area contributed by atoms with Gasteiger partial charge in [-0.05, 0) is 42.4 Å². The van der Waals surface area contributed by atoms with E-state index in [1.807, 2.05) is 17.0 Å². The Balaban J connectivity index is 1.57. The lowest BCUT2D eigenvalue weighted by Crippen LogP contribution is -2.29. The molecular weight excluding hydrogens is 324 g/mol. The lowest BCUT2D eigenvalue weighted by atomic mass is 9.99. The molecular formula is C19H23ClN2O2. The zero-order valence-electron chi connectivity index (χ0n) is 14.2. The van der Waals surface area contributed by atoms with E-state index >= 15 is 0 Å². The lowest BCUT2D eigenvalue weighted by Gasteiger charge is -2.15. The molecule has 1 aromatic heterocycles. The van der Waals surface area contributed by atoms with E-state index in [0.717, 1.165) is 43.1 Å². The highest BCUT2D eigenvalue weighted by atomic mass is 35.5. The number of amides is 1. The minimum atomic E-state index is -0.0210. The van der Waals surface area contributed by atoms with Crippen LogP contribution in [0, 0.1) is 11.8 Å². The molecule has 0 spiro atoms. The van der Waals surface area contributed by atoms with E-state index in [2.05, 4.69) is 31.1 Å².